The van der Waals surface area contributed by atoms with E-state index in [2.05, 4.69) is 10.2 Å². The zero-order chi connectivity index (χ0) is 26.6. The number of nitrogens with one attached hydrogen (secondary N) is 1. The Morgan fingerprint density at radius 2 is 1.97 bits per heavy atom. The molecule has 11 heteroatoms. The Balaban J connectivity index is 0.00000353. The van der Waals surface area contributed by atoms with Gasteiger partial charge in [-0.3, -0.25) is 24.0 Å². The average Bonchev–Trinajstić information content (AvgIpc) is 3.66. The molecule has 4 heterocycles. The van der Waals surface area contributed by atoms with E-state index in [1.807, 2.05) is 19.1 Å². The quantitative estimate of drug-likeness (QED) is 0.399. The molecule has 0 bridgehead atoms. The molecule has 2 aliphatic heterocycles. The van der Waals surface area contributed by atoms with Gasteiger partial charge in [-0.25, -0.2) is 4.79 Å². The Kier molecular flexibility index (Phi) is 9.32. The summed E-state index contributed by atoms with van der Waals surface area (Å²) in [5.41, 5.74) is 1.95. The molecule has 2 saturated heterocycles. The molecule has 2 aliphatic rings. The lowest BCUT2D eigenvalue weighted by molar-refractivity contribution is 0.0920. The van der Waals surface area contributed by atoms with E-state index >= 15 is 0 Å². The van der Waals surface area contributed by atoms with Crippen LogP contribution in [-0.4, -0.2) is 66.9 Å². The number of nitrogens with zero attached hydrogens (tertiary/aromatic N) is 3. The molecule has 1 aromatic carbocycles. The third-order valence-electron chi connectivity index (χ3n) is 6.69. The number of likely N-dealkylation sites (tertiary alicyclic amines) is 1. The minimum Gasteiger partial charge on any atom is -0.487 e. The molecule has 3 aromatic rings. The molecule has 0 saturated carbocycles. The fraction of sp³-hybridized carbons (Fsp3) is 0.393. The lowest BCUT2D eigenvalue weighted by atomic mass is 10.1. The predicted molar refractivity (Wildman–Crippen MR) is 154 cm³/mol. The molecular weight excluding hydrogens is 540 g/mol. The van der Waals surface area contributed by atoms with Gasteiger partial charge in [-0.1, -0.05) is 19.0 Å². The van der Waals surface area contributed by atoms with Crippen molar-refractivity contribution in [1.82, 2.24) is 14.8 Å². The van der Waals surface area contributed by atoms with Crippen LogP contribution in [0.4, 0.5) is 10.5 Å². The molecule has 9 nitrogen and oxygen atoms in total. The first kappa shape index (κ1) is 28.7. The van der Waals surface area contributed by atoms with E-state index < -0.39 is 12.2 Å². The molecule has 0 unspecified atom stereocenters. The topological polar surface area (TPSA) is 93.1 Å². The zero-order valence-electron chi connectivity index (χ0n) is 21.0. The van der Waals surface area contributed by atoms with Crippen LogP contribution in [0, 0.1) is 6.92 Å². The van der Waals surface area contributed by atoms with Gasteiger partial charge in [0.05, 0.1) is 28.0 Å². The van der Waals surface area contributed by atoms with Crippen LogP contribution < -0.4 is 20.5 Å². The van der Waals surface area contributed by atoms with E-state index in [-0.39, 0.29) is 25.4 Å². The molecule has 2 fully saturated rings. The Labute approximate surface area is 236 Å². The summed E-state index contributed by atoms with van der Waals surface area (Å²) >= 11 is 7.08. The second kappa shape index (κ2) is 12.7. The van der Waals surface area contributed by atoms with E-state index in [1.165, 1.54) is 29.1 Å². The maximum atomic E-state index is 13.1. The van der Waals surface area contributed by atoms with Gasteiger partial charge in [0, 0.05) is 18.4 Å². The van der Waals surface area contributed by atoms with Crippen molar-refractivity contribution < 1.29 is 19.1 Å². The molecular formula is C28H33ClN4O5S. The highest BCUT2D eigenvalue weighted by atomic mass is 35.5. The number of benzene rings is 1. The van der Waals surface area contributed by atoms with Gasteiger partial charge in [-0.2, -0.15) is 0 Å². The minimum atomic E-state index is -0.487. The van der Waals surface area contributed by atoms with Crippen molar-refractivity contribution in [3.05, 3.63) is 73.8 Å². The molecule has 0 aliphatic carbocycles. The highest BCUT2D eigenvalue weighted by molar-refractivity contribution is 7.18. The molecule has 1 atom stereocenters. The number of hydrogen-bond acceptors (Lipinski definition) is 7. The number of amides is 2. The van der Waals surface area contributed by atoms with Gasteiger partial charge in [0.2, 0.25) is 0 Å². The molecule has 0 radical (unpaired) electrons. The van der Waals surface area contributed by atoms with E-state index in [9.17, 15) is 14.4 Å². The fourth-order valence-corrected chi connectivity index (χ4v) is 5.67. The van der Waals surface area contributed by atoms with Crippen LogP contribution >= 0.6 is 22.9 Å². The van der Waals surface area contributed by atoms with E-state index in [1.54, 1.807) is 41.1 Å². The van der Waals surface area contributed by atoms with Gasteiger partial charge in [0.25, 0.3) is 11.5 Å². The number of ether oxygens (including phenoxy) is 2. The molecule has 39 heavy (non-hydrogen) atoms. The third kappa shape index (κ3) is 6.63. The summed E-state index contributed by atoms with van der Waals surface area (Å²) in [6.45, 7) is 5.81. The first-order chi connectivity index (χ1) is 18.4. The lowest BCUT2D eigenvalue weighted by Gasteiger charge is -2.17. The van der Waals surface area contributed by atoms with Crippen LogP contribution in [0.1, 0.15) is 35.5 Å². The van der Waals surface area contributed by atoms with Gasteiger partial charge in [0.1, 0.15) is 12.7 Å². The molecule has 208 valence electrons. The molecule has 2 aromatic heterocycles. The molecule has 5 rings (SSSR count). The average molecular weight is 573 g/mol. The number of aromatic nitrogens is 1. The van der Waals surface area contributed by atoms with Crippen molar-refractivity contribution >= 4 is 40.6 Å². The summed E-state index contributed by atoms with van der Waals surface area (Å²) in [5.74, 6) is 0.0531. The monoisotopic (exact) mass is 572 g/mol. The lowest BCUT2D eigenvalue weighted by Crippen LogP contribution is -2.34. The van der Waals surface area contributed by atoms with Crippen LogP contribution in [0.2, 0.25) is 4.34 Å². The smallest absolute Gasteiger partial charge is 0.414 e. The Bertz CT molecular complexity index is 1380. The summed E-state index contributed by atoms with van der Waals surface area (Å²) in [7, 11) is 0. The first-order valence-corrected chi connectivity index (χ1v) is 13.8. The van der Waals surface area contributed by atoms with Crippen molar-refractivity contribution in [3.63, 3.8) is 0 Å². The van der Waals surface area contributed by atoms with E-state index in [0.717, 1.165) is 25.2 Å². The maximum absolute atomic E-state index is 13.1. The van der Waals surface area contributed by atoms with Crippen molar-refractivity contribution in [2.24, 2.45) is 0 Å². The molecule has 1 N–H and O–H groups in total. The number of anilines is 1. The normalized spacial score (nSPS) is 17.1. The van der Waals surface area contributed by atoms with Crippen molar-refractivity contribution in [2.45, 2.75) is 33.3 Å². The number of cyclic esters (lactones) is 1. The number of thiophene rings is 1. The SMILES string of the molecule is C.Cc1cc(N2C[C@H](CNC(=O)c3ccc(Cl)s3)OC2=O)ccc1-n1cccc(OCCN2CCCC2)c1=O. The third-order valence-corrected chi connectivity index (χ3v) is 7.92. The summed E-state index contributed by atoms with van der Waals surface area (Å²) in [4.78, 5) is 42.3. The van der Waals surface area contributed by atoms with Gasteiger partial charge in [-0.15, -0.1) is 11.3 Å². The summed E-state index contributed by atoms with van der Waals surface area (Å²) in [5, 5.41) is 2.79. The predicted octanol–water partition coefficient (Wildman–Crippen LogP) is 4.73. The fourth-order valence-electron chi connectivity index (χ4n) is 4.71. The van der Waals surface area contributed by atoms with Crippen molar-refractivity contribution in [1.29, 1.82) is 0 Å². The maximum Gasteiger partial charge on any atom is 0.414 e. The Morgan fingerprint density at radius 1 is 1.18 bits per heavy atom. The molecule has 0 spiro atoms. The van der Waals surface area contributed by atoms with Gasteiger partial charge < -0.3 is 14.8 Å². The number of pyridine rings is 1. The van der Waals surface area contributed by atoms with E-state index in [0.29, 0.717) is 39.5 Å². The largest absolute Gasteiger partial charge is 0.487 e. The Hall–Kier alpha value is -3.34. The highest BCUT2D eigenvalue weighted by Crippen LogP contribution is 2.26. The summed E-state index contributed by atoms with van der Waals surface area (Å²) in [6.07, 6.45) is 3.16. The van der Waals surface area contributed by atoms with Crippen molar-refractivity contribution in [3.8, 4) is 11.4 Å². The number of aryl methyl sites for hydroxylation is 1. The van der Waals surface area contributed by atoms with Gasteiger partial charge >= 0.3 is 6.09 Å². The molecule has 2 amide bonds. The van der Waals surface area contributed by atoms with Crippen LogP contribution in [0.3, 0.4) is 0 Å². The second-order valence-electron chi connectivity index (χ2n) is 9.35. The standard InChI is InChI=1S/C27H29ClN4O5S.CH4/c1-18-15-19(32-17-20(37-27(32)35)16-29-25(33)23-8-9-24(28)38-23)6-7-21(18)31-12-4-5-22(26(31)34)36-14-13-30-10-2-3-11-30;/h4-9,12,15,20H,2-3,10-11,13-14,16-17H2,1H3,(H,29,33);1H4/t20-;/m0./s1. The minimum absolute atomic E-state index is 0. The Morgan fingerprint density at radius 3 is 2.69 bits per heavy atom. The first-order valence-electron chi connectivity index (χ1n) is 12.6. The number of carbonyl (C=O) groups is 2. The van der Waals surface area contributed by atoms with E-state index in [4.69, 9.17) is 21.1 Å². The second-order valence-corrected chi connectivity index (χ2v) is 11.1. The number of carbonyl (C=O) groups excluding carboxylic acids is 2. The highest BCUT2D eigenvalue weighted by Gasteiger charge is 2.33. The van der Waals surface area contributed by atoms with Crippen LogP contribution in [0.25, 0.3) is 5.69 Å². The van der Waals surface area contributed by atoms with Gasteiger partial charge in [-0.05, 0) is 80.9 Å². The van der Waals surface area contributed by atoms with Gasteiger partial charge in [0.15, 0.2) is 5.75 Å². The van der Waals surface area contributed by atoms with Crippen molar-refractivity contribution in [2.75, 3.05) is 44.2 Å². The number of halogens is 1. The number of rotatable bonds is 9. The summed E-state index contributed by atoms with van der Waals surface area (Å²) < 4.78 is 13.4. The van der Waals surface area contributed by atoms with Crippen LogP contribution in [0.5, 0.6) is 5.75 Å². The number of hydrogen-bond donors (Lipinski definition) is 1. The summed E-state index contributed by atoms with van der Waals surface area (Å²) in [6, 6.07) is 12.2. The van der Waals surface area contributed by atoms with Crippen LogP contribution in [-0.2, 0) is 4.74 Å². The van der Waals surface area contributed by atoms with Crippen LogP contribution in [0.15, 0.2) is 53.5 Å². The zero-order valence-corrected chi connectivity index (χ0v) is 22.6.